The van der Waals surface area contributed by atoms with Crippen molar-refractivity contribution < 1.29 is 0 Å². The van der Waals surface area contributed by atoms with Crippen LogP contribution in [0.2, 0.25) is 5.02 Å². The summed E-state index contributed by atoms with van der Waals surface area (Å²) in [5.41, 5.74) is 4.40. The molecule has 2 aromatic rings. The third-order valence-electron chi connectivity index (χ3n) is 4.51. The fourth-order valence-corrected chi connectivity index (χ4v) is 3.58. The van der Waals surface area contributed by atoms with Crippen LogP contribution in [0.3, 0.4) is 0 Å². The lowest BCUT2D eigenvalue weighted by Crippen LogP contribution is -2.31. The summed E-state index contributed by atoms with van der Waals surface area (Å²) in [6.45, 7) is 3.17. The molecular weight excluding hydrogens is 278 g/mol. The van der Waals surface area contributed by atoms with Crippen LogP contribution in [0.5, 0.6) is 0 Å². The molecular formula is C19H22ClN. The zero-order valence-corrected chi connectivity index (χ0v) is 13.2. The molecule has 0 fully saturated rings. The SMILES string of the molecule is CCNC(c1ccc(Cl)cc1)C1CCc2ccccc2C1. The van der Waals surface area contributed by atoms with E-state index in [1.54, 1.807) is 0 Å². The Morgan fingerprint density at radius 1 is 1.10 bits per heavy atom. The van der Waals surface area contributed by atoms with Gasteiger partial charge in [-0.1, -0.05) is 54.9 Å². The van der Waals surface area contributed by atoms with Crippen LogP contribution in [0.4, 0.5) is 0 Å². The predicted molar refractivity (Wildman–Crippen MR) is 89.8 cm³/mol. The third-order valence-corrected chi connectivity index (χ3v) is 4.76. The molecule has 110 valence electrons. The number of nitrogens with one attached hydrogen (secondary N) is 1. The lowest BCUT2D eigenvalue weighted by Gasteiger charge is -2.32. The lowest BCUT2D eigenvalue weighted by atomic mass is 9.78. The van der Waals surface area contributed by atoms with Gasteiger partial charge in [-0.15, -0.1) is 0 Å². The summed E-state index contributed by atoms with van der Waals surface area (Å²) in [5, 5.41) is 4.48. The summed E-state index contributed by atoms with van der Waals surface area (Å²) in [5.74, 6) is 0.654. The van der Waals surface area contributed by atoms with Crippen molar-refractivity contribution in [3.8, 4) is 0 Å². The number of hydrogen-bond acceptors (Lipinski definition) is 1. The molecule has 1 nitrogen and oxygen atoms in total. The van der Waals surface area contributed by atoms with E-state index in [-0.39, 0.29) is 0 Å². The summed E-state index contributed by atoms with van der Waals surface area (Å²) in [6.07, 6.45) is 3.60. The summed E-state index contributed by atoms with van der Waals surface area (Å²) < 4.78 is 0. The fourth-order valence-electron chi connectivity index (χ4n) is 3.46. The molecule has 0 saturated carbocycles. The molecule has 21 heavy (non-hydrogen) atoms. The van der Waals surface area contributed by atoms with E-state index in [9.17, 15) is 0 Å². The molecule has 0 saturated heterocycles. The molecule has 0 amide bonds. The average molecular weight is 300 g/mol. The van der Waals surface area contributed by atoms with Gasteiger partial charge in [0.15, 0.2) is 0 Å². The summed E-state index contributed by atoms with van der Waals surface area (Å²) in [4.78, 5) is 0. The second-order valence-corrected chi connectivity index (χ2v) is 6.29. The van der Waals surface area contributed by atoms with Gasteiger partial charge in [-0.2, -0.15) is 0 Å². The molecule has 1 aliphatic carbocycles. The van der Waals surface area contributed by atoms with E-state index < -0.39 is 0 Å². The van der Waals surface area contributed by atoms with Crippen molar-refractivity contribution in [2.75, 3.05) is 6.54 Å². The standard InChI is InChI=1S/C19H22ClN/c1-2-21-19(15-9-11-18(20)12-10-15)17-8-7-14-5-3-4-6-16(14)13-17/h3-6,9-12,17,19,21H,2,7-8,13H2,1H3. The molecule has 0 aromatic heterocycles. The van der Waals surface area contributed by atoms with Gasteiger partial charge in [0.25, 0.3) is 0 Å². The van der Waals surface area contributed by atoms with Crippen molar-refractivity contribution in [2.45, 2.75) is 32.2 Å². The van der Waals surface area contributed by atoms with Crippen molar-refractivity contribution in [3.63, 3.8) is 0 Å². The zero-order chi connectivity index (χ0) is 14.7. The van der Waals surface area contributed by atoms with Gasteiger partial charge in [0.2, 0.25) is 0 Å². The van der Waals surface area contributed by atoms with Crippen LogP contribution in [-0.2, 0) is 12.8 Å². The maximum atomic E-state index is 6.03. The molecule has 2 unspecified atom stereocenters. The number of fused-ring (bicyclic) bond motifs is 1. The topological polar surface area (TPSA) is 12.0 Å². The van der Waals surface area contributed by atoms with Crippen molar-refractivity contribution in [3.05, 3.63) is 70.2 Å². The molecule has 2 heteroatoms. The van der Waals surface area contributed by atoms with Crippen LogP contribution in [-0.4, -0.2) is 6.54 Å². The molecule has 1 aliphatic rings. The highest BCUT2D eigenvalue weighted by atomic mass is 35.5. The van der Waals surface area contributed by atoms with E-state index in [4.69, 9.17) is 11.6 Å². The normalized spacial score (nSPS) is 19.0. The molecule has 1 N–H and O–H groups in total. The zero-order valence-electron chi connectivity index (χ0n) is 12.5. The van der Waals surface area contributed by atoms with Gasteiger partial charge in [0.1, 0.15) is 0 Å². The molecule has 2 atom stereocenters. The lowest BCUT2D eigenvalue weighted by molar-refractivity contribution is 0.330. The Morgan fingerprint density at radius 2 is 1.81 bits per heavy atom. The minimum absolute atomic E-state index is 0.417. The van der Waals surface area contributed by atoms with Crippen LogP contribution in [0, 0.1) is 5.92 Å². The van der Waals surface area contributed by atoms with Crippen LogP contribution in [0.25, 0.3) is 0 Å². The summed E-state index contributed by atoms with van der Waals surface area (Å²) in [6, 6.07) is 17.6. The summed E-state index contributed by atoms with van der Waals surface area (Å²) >= 11 is 6.03. The number of aryl methyl sites for hydroxylation is 1. The van der Waals surface area contributed by atoms with Crippen LogP contribution in [0.1, 0.15) is 36.1 Å². The third kappa shape index (κ3) is 3.30. The van der Waals surface area contributed by atoms with E-state index in [1.807, 2.05) is 12.1 Å². The predicted octanol–water partition coefficient (Wildman–Crippen LogP) is 4.80. The van der Waals surface area contributed by atoms with Gasteiger partial charge in [-0.05, 0) is 60.5 Å². The Hall–Kier alpha value is -1.31. The van der Waals surface area contributed by atoms with Crippen LogP contribution in [0.15, 0.2) is 48.5 Å². The minimum Gasteiger partial charge on any atom is -0.310 e. The highest BCUT2D eigenvalue weighted by Gasteiger charge is 2.26. The second kappa shape index (κ2) is 6.64. The van der Waals surface area contributed by atoms with Crippen molar-refractivity contribution in [1.29, 1.82) is 0 Å². The number of rotatable bonds is 4. The smallest absolute Gasteiger partial charge is 0.0406 e. The molecule has 0 bridgehead atoms. The Labute approximate surface area is 132 Å². The minimum atomic E-state index is 0.417. The first-order valence-corrected chi connectivity index (χ1v) is 8.21. The van der Waals surface area contributed by atoms with E-state index in [0.717, 1.165) is 18.0 Å². The largest absolute Gasteiger partial charge is 0.310 e. The fraction of sp³-hybridized carbons (Fsp3) is 0.368. The number of halogens is 1. The molecule has 0 radical (unpaired) electrons. The van der Waals surface area contributed by atoms with E-state index in [0.29, 0.717) is 12.0 Å². The Morgan fingerprint density at radius 3 is 2.52 bits per heavy atom. The molecule has 3 rings (SSSR count). The quantitative estimate of drug-likeness (QED) is 0.855. The Bertz CT molecular complexity index is 591. The van der Waals surface area contributed by atoms with Crippen LogP contribution < -0.4 is 5.32 Å². The highest BCUT2D eigenvalue weighted by Crippen LogP contribution is 2.34. The van der Waals surface area contributed by atoms with Crippen molar-refractivity contribution >= 4 is 11.6 Å². The van der Waals surface area contributed by atoms with Crippen molar-refractivity contribution in [2.24, 2.45) is 5.92 Å². The highest BCUT2D eigenvalue weighted by molar-refractivity contribution is 6.30. The maximum absolute atomic E-state index is 6.03. The van der Waals surface area contributed by atoms with Gasteiger partial charge in [0.05, 0.1) is 0 Å². The first-order chi connectivity index (χ1) is 10.3. The van der Waals surface area contributed by atoms with Crippen molar-refractivity contribution in [1.82, 2.24) is 5.32 Å². The maximum Gasteiger partial charge on any atom is 0.0406 e. The van der Waals surface area contributed by atoms with E-state index in [1.165, 1.54) is 29.5 Å². The van der Waals surface area contributed by atoms with Gasteiger partial charge < -0.3 is 5.32 Å². The first kappa shape index (κ1) is 14.6. The molecule has 2 aromatic carbocycles. The van der Waals surface area contributed by atoms with E-state index in [2.05, 4.69) is 48.6 Å². The molecule has 0 spiro atoms. The van der Waals surface area contributed by atoms with Gasteiger partial charge >= 0.3 is 0 Å². The monoisotopic (exact) mass is 299 g/mol. The Balaban J connectivity index is 1.83. The van der Waals surface area contributed by atoms with Gasteiger partial charge in [0, 0.05) is 11.1 Å². The van der Waals surface area contributed by atoms with Gasteiger partial charge in [-0.25, -0.2) is 0 Å². The van der Waals surface area contributed by atoms with Gasteiger partial charge in [-0.3, -0.25) is 0 Å². The second-order valence-electron chi connectivity index (χ2n) is 5.86. The number of hydrogen-bond donors (Lipinski definition) is 1. The first-order valence-electron chi connectivity index (χ1n) is 7.83. The Kier molecular flexibility index (Phi) is 4.62. The van der Waals surface area contributed by atoms with E-state index >= 15 is 0 Å². The molecule has 0 aliphatic heterocycles. The average Bonchev–Trinajstić information content (AvgIpc) is 2.53. The van der Waals surface area contributed by atoms with Crippen LogP contribution >= 0.6 is 11.6 Å². The number of benzene rings is 2. The molecule has 0 heterocycles. The summed E-state index contributed by atoms with van der Waals surface area (Å²) in [7, 11) is 0.